The first-order chi connectivity index (χ1) is 4.50. The van der Waals surface area contributed by atoms with Gasteiger partial charge in [0.15, 0.2) is 9.84 Å². The van der Waals surface area contributed by atoms with Crippen molar-refractivity contribution in [2.75, 3.05) is 6.26 Å². The van der Waals surface area contributed by atoms with Gasteiger partial charge in [-0.05, 0) is 6.07 Å². The predicted molar refractivity (Wildman–Crippen MR) is 41.3 cm³/mol. The van der Waals surface area contributed by atoms with E-state index in [0.717, 1.165) is 17.6 Å². The molecule has 5 heteroatoms. The zero-order valence-corrected chi connectivity index (χ0v) is 7.48. The van der Waals surface area contributed by atoms with Crippen molar-refractivity contribution in [2.45, 2.75) is 4.21 Å². The molecular weight excluding hydrogens is 192 g/mol. The Hall–Kier alpha value is -0.0600. The van der Waals surface area contributed by atoms with Crippen molar-refractivity contribution in [3.8, 4) is 0 Å². The molecule has 10 heavy (non-hydrogen) atoms. The Morgan fingerprint density at radius 3 is 2.50 bits per heavy atom. The maximum Gasteiger partial charge on any atom is 0.184 e. The van der Waals surface area contributed by atoms with Gasteiger partial charge in [-0.3, -0.25) is 0 Å². The number of halogens is 1. The first kappa shape index (κ1) is 8.04. The molecule has 0 unspecified atom stereocenters. The summed E-state index contributed by atoms with van der Waals surface area (Å²) >= 11 is 6.48. The second kappa shape index (κ2) is 2.53. The van der Waals surface area contributed by atoms with Gasteiger partial charge in [-0.1, -0.05) is 11.6 Å². The second-order valence-corrected chi connectivity index (χ2v) is 5.65. The van der Waals surface area contributed by atoms with Crippen molar-refractivity contribution >= 4 is 32.8 Å². The molecule has 1 heterocycles. The fraction of sp³-hybridized carbons (Fsp3) is 0.200. The largest absolute Gasteiger partial charge is 0.223 e. The van der Waals surface area contributed by atoms with Crippen molar-refractivity contribution in [3.63, 3.8) is 0 Å². The molecule has 0 aliphatic carbocycles. The number of rotatable bonds is 1. The van der Waals surface area contributed by atoms with E-state index in [1.807, 2.05) is 0 Å². The highest BCUT2D eigenvalue weighted by Crippen LogP contribution is 2.24. The third-order valence-electron chi connectivity index (χ3n) is 0.859. The molecule has 0 aliphatic heterocycles. The zero-order valence-electron chi connectivity index (χ0n) is 5.09. The summed E-state index contributed by atoms with van der Waals surface area (Å²) < 4.78 is 22.2. The van der Waals surface area contributed by atoms with Crippen LogP contribution in [0.2, 0.25) is 4.34 Å². The van der Waals surface area contributed by atoms with Crippen molar-refractivity contribution in [2.24, 2.45) is 0 Å². The molecule has 0 fully saturated rings. The molecule has 0 atom stereocenters. The SMILES string of the molecule is CS(=O)(=O)c1c[c]c(Cl)s1. The quantitative estimate of drug-likeness (QED) is 0.682. The van der Waals surface area contributed by atoms with Gasteiger partial charge in [-0.15, -0.1) is 11.3 Å². The minimum absolute atomic E-state index is 0.262. The highest BCUT2D eigenvalue weighted by atomic mass is 35.5. The molecule has 55 valence electrons. The molecule has 0 spiro atoms. The highest BCUT2D eigenvalue weighted by molar-refractivity contribution is 7.92. The van der Waals surface area contributed by atoms with E-state index in [2.05, 4.69) is 6.07 Å². The summed E-state index contributed by atoms with van der Waals surface area (Å²) in [7, 11) is -3.08. The van der Waals surface area contributed by atoms with Crippen molar-refractivity contribution < 1.29 is 8.42 Å². The van der Waals surface area contributed by atoms with E-state index in [1.54, 1.807) is 0 Å². The molecule has 1 aromatic rings. The molecule has 2 nitrogen and oxygen atoms in total. The molecule has 1 radical (unpaired) electrons. The van der Waals surface area contributed by atoms with Crippen molar-refractivity contribution in [1.82, 2.24) is 0 Å². The van der Waals surface area contributed by atoms with Gasteiger partial charge < -0.3 is 0 Å². The fourth-order valence-electron chi connectivity index (χ4n) is 0.446. The monoisotopic (exact) mass is 195 g/mol. The summed E-state index contributed by atoms with van der Waals surface area (Å²) in [5, 5.41) is 0. The fourth-order valence-corrected chi connectivity index (χ4v) is 2.43. The van der Waals surface area contributed by atoms with Gasteiger partial charge in [-0.2, -0.15) is 0 Å². The summed E-state index contributed by atoms with van der Waals surface area (Å²) in [5.74, 6) is 0. The third-order valence-corrected chi connectivity index (χ3v) is 3.82. The Balaban J connectivity index is 3.21. The lowest BCUT2D eigenvalue weighted by molar-refractivity contribution is 0.604. The maximum absolute atomic E-state index is 10.8. The first-order valence-electron chi connectivity index (χ1n) is 2.37. The van der Waals surface area contributed by atoms with E-state index < -0.39 is 9.84 Å². The van der Waals surface area contributed by atoms with Crippen LogP contribution in [0.25, 0.3) is 0 Å². The van der Waals surface area contributed by atoms with Gasteiger partial charge in [0.25, 0.3) is 0 Å². The average molecular weight is 196 g/mol. The molecule has 1 rings (SSSR count). The Morgan fingerprint density at radius 1 is 1.70 bits per heavy atom. The second-order valence-electron chi connectivity index (χ2n) is 1.76. The average Bonchev–Trinajstić information content (AvgIpc) is 2.11. The standard InChI is InChI=1S/C5H4ClO2S2/c1-10(7,8)5-3-2-4(6)9-5/h3H,1H3. The summed E-state index contributed by atoms with van der Waals surface area (Å²) in [4.78, 5) is 0. The lowest BCUT2D eigenvalue weighted by Gasteiger charge is -1.86. The zero-order chi connectivity index (χ0) is 7.78. The topological polar surface area (TPSA) is 34.1 Å². The Bertz CT molecular complexity index is 325. The van der Waals surface area contributed by atoms with Crippen LogP contribution in [0.15, 0.2) is 10.3 Å². The van der Waals surface area contributed by atoms with Crippen molar-refractivity contribution in [1.29, 1.82) is 0 Å². The third kappa shape index (κ3) is 1.71. The van der Waals surface area contributed by atoms with Gasteiger partial charge in [-0.25, -0.2) is 8.42 Å². The Kier molecular flexibility index (Phi) is 2.03. The highest BCUT2D eigenvalue weighted by Gasteiger charge is 2.08. The lowest BCUT2D eigenvalue weighted by atomic mass is 10.7. The molecule has 0 aromatic carbocycles. The van der Waals surface area contributed by atoms with E-state index in [4.69, 9.17) is 11.6 Å². The Labute approximate surface area is 68.4 Å². The normalized spacial score (nSPS) is 11.8. The number of hydrogen-bond acceptors (Lipinski definition) is 3. The van der Waals surface area contributed by atoms with Crippen LogP contribution < -0.4 is 0 Å². The molecular formula is C5H4ClO2S2. The van der Waals surface area contributed by atoms with Gasteiger partial charge in [0.2, 0.25) is 0 Å². The lowest BCUT2D eigenvalue weighted by Crippen LogP contribution is -1.91. The summed E-state index contributed by atoms with van der Waals surface area (Å²) in [6, 6.07) is 3.96. The van der Waals surface area contributed by atoms with E-state index in [9.17, 15) is 8.42 Å². The smallest absolute Gasteiger partial charge is 0.184 e. The predicted octanol–water partition coefficient (Wildman–Crippen LogP) is 1.61. The molecule has 0 bridgehead atoms. The first-order valence-corrected chi connectivity index (χ1v) is 5.46. The van der Waals surface area contributed by atoms with Crippen LogP contribution in [0.3, 0.4) is 0 Å². The van der Waals surface area contributed by atoms with E-state index in [1.165, 1.54) is 6.07 Å². The summed E-state index contributed by atoms with van der Waals surface area (Å²) in [6.45, 7) is 0. The summed E-state index contributed by atoms with van der Waals surface area (Å²) in [5.41, 5.74) is 0. The molecule has 1 aromatic heterocycles. The van der Waals surface area contributed by atoms with Gasteiger partial charge in [0.1, 0.15) is 8.55 Å². The number of sulfone groups is 1. The molecule has 0 N–H and O–H groups in total. The summed E-state index contributed by atoms with van der Waals surface area (Å²) in [6.07, 6.45) is 1.14. The minimum Gasteiger partial charge on any atom is -0.223 e. The van der Waals surface area contributed by atoms with Gasteiger partial charge in [0, 0.05) is 12.3 Å². The maximum atomic E-state index is 10.8. The van der Waals surface area contributed by atoms with Crippen LogP contribution in [0, 0.1) is 6.07 Å². The van der Waals surface area contributed by atoms with Crippen LogP contribution >= 0.6 is 22.9 Å². The van der Waals surface area contributed by atoms with Gasteiger partial charge in [0.05, 0.1) is 0 Å². The molecule has 0 amide bonds. The number of hydrogen-bond donors (Lipinski definition) is 0. The van der Waals surface area contributed by atoms with Crippen molar-refractivity contribution in [3.05, 3.63) is 16.5 Å². The Morgan fingerprint density at radius 2 is 2.30 bits per heavy atom. The van der Waals surface area contributed by atoms with Crippen LogP contribution in [0.5, 0.6) is 0 Å². The number of thiophene rings is 1. The van der Waals surface area contributed by atoms with Crippen LogP contribution in [0.4, 0.5) is 0 Å². The van der Waals surface area contributed by atoms with Gasteiger partial charge >= 0.3 is 0 Å². The van der Waals surface area contributed by atoms with Crippen LogP contribution in [-0.2, 0) is 9.84 Å². The van der Waals surface area contributed by atoms with Crippen LogP contribution in [0.1, 0.15) is 0 Å². The molecule has 0 aliphatic rings. The van der Waals surface area contributed by atoms with E-state index in [-0.39, 0.29) is 4.21 Å². The van der Waals surface area contributed by atoms with Crippen LogP contribution in [-0.4, -0.2) is 14.7 Å². The molecule has 0 saturated heterocycles. The van der Waals surface area contributed by atoms with E-state index >= 15 is 0 Å². The molecule has 0 saturated carbocycles. The minimum atomic E-state index is -3.08. The van der Waals surface area contributed by atoms with E-state index in [0.29, 0.717) is 4.34 Å².